The summed E-state index contributed by atoms with van der Waals surface area (Å²) in [5.41, 5.74) is 2.44. The predicted molar refractivity (Wildman–Crippen MR) is 97.2 cm³/mol. The van der Waals surface area contributed by atoms with E-state index in [9.17, 15) is 0 Å². The summed E-state index contributed by atoms with van der Waals surface area (Å²) in [6.45, 7) is 4.50. The Bertz CT molecular complexity index is 861. The quantitative estimate of drug-likeness (QED) is 0.726. The molecule has 0 aliphatic carbocycles. The summed E-state index contributed by atoms with van der Waals surface area (Å²) >= 11 is 1.77. The molecule has 2 aliphatic heterocycles. The van der Waals surface area contributed by atoms with Crippen LogP contribution in [0.25, 0.3) is 10.6 Å². The summed E-state index contributed by atoms with van der Waals surface area (Å²) in [6, 6.07) is 8.45. The van der Waals surface area contributed by atoms with Gasteiger partial charge in [0.05, 0.1) is 23.3 Å². The van der Waals surface area contributed by atoms with E-state index in [0.29, 0.717) is 6.61 Å². The molecule has 0 aromatic carbocycles. The molecule has 2 aliphatic rings. The van der Waals surface area contributed by atoms with Gasteiger partial charge in [-0.2, -0.15) is 0 Å². The molecule has 3 aromatic heterocycles. The zero-order valence-corrected chi connectivity index (χ0v) is 14.8. The fourth-order valence-electron chi connectivity index (χ4n) is 3.93. The van der Waals surface area contributed by atoms with Crippen molar-refractivity contribution in [2.24, 2.45) is 0 Å². The zero-order valence-electron chi connectivity index (χ0n) is 14.0. The van der Waals surface area contributed by atoms with E-state index in [2.05, 4.69) is 49.1 Å². The van der Waals surface area contributed by atoms with Gasteiger partial charge in [0, 0.05) is 32.0 Å². The first-order valence-corrected chi connectivity index (χ1v) is 9.53. The van der Waals surface area contributed by atoms with Crippen molar-refractivity contribution in [3.63, 3.8) is 0 Å². The van der Waals surface area contributed by atoms with Crippen molar-refractivity contribution < 1.29 is 4.74 Å². The zero-order chi connectivity index (χ0) is 16.7. The number of aromatic nitrogens is 3. The van der Waals surface area contributed by atoms with Crippen LogP contribution < -0.4 is 0 Å². The van der Waals surface area contributed by atoms with Crippen LogP contribution >= 0.6 is 11.3 Å². The van der Waals surface area contributed by atoms with Crippen LogP contribution in [0.4, 0.5) is 0 Å². The highest BCUT2D eigenvalue weighted by Crippen LogP contribution is 2.36. The van der Waals surface area contributed by atoms with Gasteiger partial charge in [-0.15, -0.1) is 11.3 Å². The Balaban J connectivity index is 1.36. The van der Waals surface area contributed by atoms with Crippen molar-refractivity contribution in [1.29, 1.82) is 0 Å². The second kappa shape index (κ2) is 6.05. The Morgan fingerprint density at radius 2 is 2.12 bits per heavy atom. The molecule has 128 valence electrons. The molecule has 0 bridgehead atoms. The second-order valence-corrected chi connectivity index (χ2v) is 7.86. The van der Waals surface area contributed by atoms with Crippen LogP contribution in [0.15, 0.2) is 48.2 Å². The third-order valence-electron chi connectivity index (χ3n) is 5.22. The Kier molecular flexibility index (Phi) is 3.69. The summed E-state index contributed by atoms with van der Waals surface area (Å²) in [5.74, 6) is 1.04. The Morgan fingerprint density at radius 3 is 2.96 bits per heavy atom. The number of hydrogen-bond donors (Lipinski definition) is 0. The van der Waals surface area contributed by atoms with E-state index in [-0.39, 0.29) is 5.60 Å². The van der Waals surface area contributed by atoms with Crippen LogP contribution in [-0.4, -0.2) is 38.1 Å². The van der Waals surface area contributed by atoms with E-state index in [1.807, 2.05) is 18.6 Å². The Hall–Kier alpha value is -2.02. The highest BCUT2D eigenvalue weighted by Gasteiger charge is 2.43. The number of hydrogen-bond acceptors (Lipinski definition) is 5. The minimum Gasteiger partial charge on any atom is -0.364 e. The first kappa shape index (κ1) is 15.3. The highest BCUT2D eigenvalue weighted by atomic mass is 32.1. The van der Waals surface area contributed by atoms with E-state index < -0.39 is 0 Å². The highest BCUT2D eigenvalue weighted by molar-refractivity contribution is 7.13. The maximum Gasteiger partial charge on any atom is 0.135 e. The number of nitrogens with zero attached hydrogens (tertiary/aromatic N) is 4. The van der Waals surface area contributed by atoms with Gasteiger partial charge >= 0.3 is 0 Å². The van der Waals surface area contributed by atoms with Crippen LogP contribution in [0.2, 0.25) is 0 Å². The molecular formula is C19H20N4OS. The predicted octanol–water partition coefficient (Wildman–Crippen LogP) is 3.18. The maximum absolute atomic E-state index is 6.32. The Labute approximate surface area is 150 Å². The fraction of sp³-hybridized carbons (Fsp3) is 0.368. The summed E-state index contributed by atoms with van der Waals surface area (Å²) in [5, 5.41) is 2.12. The SMILES string of the molecule is c1csc(-c2cnc3n2C[C@]2(CCN(Cc4ccncc4)C2)OC3)c1. The lowest BCUT2D eigenvalue weighted by Crippen LogP contribution is -2.44. The van der Waals surface area contributed by atoms with Gasteiger partial charge in [0.1, 0.15) is 18.0 Å². The van der Waals surface area contributed by atoms with Crippen molar-refractivity contribution >= 4 is 11.3 Å². The molecule has 0 amide bonds. The molecule has 1 atom stereocenters. The summed E-state index contributed by atoms with van der Waals surface area (Å²) in [4.78, 5) is 12.5. The summed E-state index contributed by atoms with van der Waals surface area (Å²) < 4.78 is 8.68. The molecule has 6 heteroatoms. The minimum absolute atomic E-state index is 0.0905. The van der Waals surface area contributed by atoms with Gasteiger partial charge in [0.2, 0.25) is 0 Å². The number of imidazole rings is 1. The molecule has 0 saturated carbocycles. The normalized spacial score (nSPS) is 23.2. The van der Waals surface area contributed by atoms with Crippen LogP contribution in [0, 0.1) is 0 Å². The maximum atomic E-state index is 6.32. The van der Waals surface area contributed by atoms with Crippen LogP contribution in [0.5, 0.6) is 0 Å². The van der Waals surface area contributed by atoms with Gasteiger partial charge in [0.15, 0.2) is 0 Å². The van der Waals surface area contributed by atoms with Gasteiger partial charge in [-0.25, -0.2) is 4.98 Å². The monoisotopic (exact) mass is 352 g/mol. The average Bonchev–Trinajstić information content (AvgIpc) is 3.36. The van der Waals surface area contributed by atoms with E-state index in [0.717, 1.165) is 38.4 Å². The number of thiophene rings is 1. The van der Waals surface area contributed by atoms with E-state index in [1.165, 1.54) is 16.1 Å². The Morgan fingerprint density at radius 1 is 1.20 bits per heavy atom. The molecule has 25 heavy (non-hydrogen) atoms. The molecule has 0 N–H and O–H groups in total. The van der Waals surface area contributed by atoms with Gasteiger partial charge in [0.25, 0.3) is 0 Å². The molecule has 5 rings (SSSR count). The van der Waals surface area contributed by atoms with Gasteiger partial charge in [-0.05, 0) is 35.6 Å². The largest absolute Gasteiger partial charge is 0.364 e. The number of fused-ring (bicyclic) bond motifs is 1. The van der Waals surface area contributed by atoms with Crippen LogP contribution in [-0.2, 0) is 24.4 Å². The smallest absolute Gasteiger partial charge is 0.135 e. The van der Waals surface area contributed by atoms with E-state index >= 15 is 0 Å². The molecule has 5 heterocycles. The van der Waals surface area contributed by atoms with Crippen molar-refractivity contribution in [2.75, 3.05) is 13.1 Å². The summed E-state index contributed by atoms with van der Waals surface area (Å²) in [6.07, 6.45) is 6.79. The molecule has 1 fully saturated rings. The van der Waals surface area contributed by atoms with E-state index in [1.54, 1.807) is 11.3 Å². The first-order chi connectivity index (χ1) is 12.3. The molecule has 1 saturated heterocycles. The molecular weight excluding hydrogens is 332 g/mol. The van der Waals surface area contributed by atoms with Crippen molar-refractivity contribution in [3.05, 3.63) is 59.6 Å². The molecule has 3 aromatic rings. The number of likely N-dealkylation sites (tertiary alicyclic amines) is 1. The van der Waals surface area contributed by atoms with E-state index in [4.69, 9.17) is 4.74 Å². The number of rotatable bonds is 3. The molecule has 5 nitrogen and oxygen atoms in total. The van der Waals surface area contributed by atoms with Crippen molar-refractivity contribution in [1.82, 2.24) is 19.4 Å². The second-order valence-electron chi connectivity index (χ2n) is 6.91. The fourth-order valence-corrected chi connectivity index (χ4v) is 4.68. The molecule has 0 unspecified atom stereocenters. The van der Waals surface area contributed by atoms with Crippen molar-refractivity contribution in [3.8, 4) is 10.6 Å². The lowest BCUT2D eigenvalue weighted by Gasteiger charge is -2.35. The average molecular weight is 352 g/mol. The topological polar surface area (TPSA) is 43.2 Å². The van der Waals surface area contributed by atoms with Crippen LogP contribution in [0.1, 0.15) is 17.8 Å². The standard InChI is InChI=1S/C19H20N4OS/c1-2-17(25-9-1)16-10-21-18-12-24-19(14-23(16)18)5-8-22(13-19)11-15-3-6-20-7-4-15/h1-4,6-7,9-10H,5,8,11-14H2/t19-/m1/s1. The summed E-state index contributed by atoms with van der Waals surface area (Å²) in [7, 11) is 0. The number of ether oxygens (including phenoxy) is 1. The molecule has 1 spiro atoms. The van der Waals surface area contributed by atoms with Gasteiger partial charge in [-0.1, -0.05) is 6.07 Å². The minimum atomic E-state index is -0.0905. The lowest BCUT2D eigenvalue weighted by molar-refractivity contribution is -0.0821. The van der Waals surface area contributed by atoms with Gasteiger partial charge in [-0.3, -0.25) is 9.88 Å². The third-order valence-corrected chi connectivity index (χ3v) is 6.11. The van der Waals surface area contributed by atoms with Crippen LogP contribution in [0.3, 0.4) is 0 Å². The lowest BCUT2D eigenvalue weighted by atomic mass is 10.0. The third kappa shape index (κ3) is 2.80. The molecule has 0 radical (unpaired) electrons. The number of pyridine rings is 1. The van der Waals surface area contributed by atoms with Crippen molar-refractivity contribution in [2.45, 2.75) is 31.7 Å². The first-order valence-electron chi connectivity index (χ1n) is 8.65. The van der Waals surface area contributed by atoms with Gasteiger partial charge < -0.3 is 9.30 Å².